The van der Waals surface area contributed by atoms with Crippen molar-refractivity contribution in [1.29, 1.82) is 0 Å². The van der Waals surface area contributed by atoms with Gasteiger partial charge in [-0.25, -0.2) is 4.98 Å². The molecule has 0 saturated heterocycles. The number of carbonyl (C=O) groups is 1. The van der Waals surface area contributed by atoms with Gasteiger partial charge in [0.05, 0.1) is 20.6 Å². The number of rotatable bonds is 3. The van der Waals surface area contributed by atoms with Gasteiger partial charge in [0.2, 0.25) is 5.91 Å². The molecule has 1 atom stereocenters. The Labute approximate surface area is 141 Å². The number of hydrogen-bond donors (Lipinski definition) is 1. The first-order valence-corrected chi connectivity index (χ1v) is 8.15. The van der Waals surface area contributed by atoms with E-state index < -0.39 is 11.8 Å². The maximum atomic E-state index is 12.0. The number of nitrogens with two attached hydrogens (primary N) is 1. The minimum atomic E-state index is -0.629. The van der Waals surface area contributed by atoms with Gasteiger partial charge < -0.3 is 5.73 Å². The maximum absolute atomic E-state index is 12.0. The molecule has 0 saturated carbocycles. The molecule has 0 aliphatic carbocycles. The average Bonchev–Trinajstić information content (AvgIpc) is 2.85. The van der Waals surface area contributed by atoms with Gasteiger partial charge in [0.15, 0.2) is 0 Å². The molecule has 1 amide bonds. The zero-order valence-electron chi connectivity index (χ0n) is 11.6. The fraction of sp³-hybridized carbons (Fsp3) is 0.125. The topological polar surface area (TPSA) is 56.0 Å². The zero-order chi connectivity index (χ0) is 15.9. The molecule has 3 rings (SSSR count). The van der Waals surface area contributed by atoms with Crippen molar-refractivity contribution in [2.45, 2.75) is 12.8 Å². The number of carbonyl (C=O) groups excluding carboxylic acids is 1. The summed E-state index contributed by atoms with van der Waals surface area (Å²) in [5.74, 6) is -1.09. The molecular formula is C16H12Cl2N2OS. The summed E-state index contributed by atoms with van der Waals surface area (Å²) in [5.41, 5.74) is 7.73. The second-order valence-electron chi connectivity index (χ2n) is 4.94. The number of halogens is 2. The fourth-order valence-corrected chi connectivity index (χ4v) is 3.80. The van der Waals surface area contributed by atoms with Crippen molar-refractivity contribution in [1.82, 2.24) is 4.98 Å². The number of aryl methyl sites for hydroxylation is 1. The maximum Gasteiger partial charge on any atom is 0.229 e. The Hall–Kier alpha value is -1.62. The standard InChI is InChI=1S/C16H12Cl2N2OS/c1-8-20-15-12(22-8)7-6-11(14(15)18)13(16(19)21)9-2-4-10(17)5-3-9/h2-7,13H,1H3,(H2,19,21). The van der Waals surface area contributed by atoms with Crippen molar-refractivity contribution >= 4 is 50.7 Å². The third-order valence-electron chi connectivity index (χ3n) is 3.43. The van der Waals surface area contributed by atoms with Crippen LogP contribution in [0.15, 0.2) is 36.4 Å². The van der Waals surface area contributed by atoms with E-state index in [-0.39, 0.29) is 0 Å². The van der Waals surface area contributed by atoms with Gasteiger partial charge in [0.25, 0.3) is 0 Å². The number of thiazole rings is 1. The third-order valence-corrected chi connectivity index (χ3v) is 5.02. The van der Waals surface area contributed by atoms with Crippen LogP contribution in [0.2, 0.25) is 10.0 Å². The van der Waals surface area contributed by atoms with Gasteiger partial charge in [0, 0.05) is 5.02 Å². The molecule has 0 aliphatic heterocycles. The molecule has 0 fully saturated rings. The van der Waals surface area contributed by atoms with E-state index in [1.54, 1.807) is 35.6 Å². The third kappa shape index (κ3) is 2.70. The van der Waals surface area contributed by atoms with E-state index in [2.05, 4.69) is 4.98 Å². The molecule has 1 unspecified atom stereocenters. The van der Waals surface area contributed by atoms with Gasteiger partial charge in [-0.15, -0.1) is 11.3 Å². The van der Waals surface area contributed by atoms with E-state index in [0.29, 0.717) is 21.1 Å². The monoisotopic (exact) mass is 350 g/mol. The van der Waals surface area contributed by atoms with Gasteiger partial charge in [-0.1, -0.05) is 41.4 Å². The summed E-state index contributed by atoms with van der Waals surface area (Å²) in [6.07, 6.45) is 0. The van der Waals surface area contributed by atoms with Crippen LogP contribution in [0.5, 0.6) is 0 Å². The van der Waals surface area contributed by atoms with Crippen molar-refractivity contribution in [3.05, 3.63) is 62.6 Å². The Bertz CT molecular complexity index is 858. The Morgan fingerprint density at radius 2 is 1.86 bits per heavy atom. The normalized spacial score (nSPS) is 12.5. The molecule has 0 spiro atoms. The smallest absolute Gasteiger partial charge is 0.229 e. The summed E-state index contributed by atoms with van der Waals surface area (Å²) in [6, 6.07) is 10.8. The second-order valence-corrected chi connectivity index (χ2v) is 6.98. The lowest BCUT2D eigenvalue weighted by Crippen LogP contribution is -2.22. The number of nitrogens with zero attached hydrogens (tertiary/aromatic N) is 1. The number of hydrogen-bond acceptors (Lipinski definition) is 3. The highest BCUT2D eigenvalue weighted by Gasteiger charge is 2.24. The highest BCUT2D eigenvalue weighted by Crippen LogP contribution is 2.37. The van der Waals surface area contributed by atoms with E-state index in [1.807, 2.05) is 19.1 Å². The van der Waals surface area contributed by atoms with E-state index in [4.69, 9.17) is 28.9 Å². The van der Waals surface area contributed by atoms with Crippen LogP contribution in [-0.4, -0.2) is 10.9 Å². The van der Waals surface area contributed by atoms with Crippen molar-refractivity contribution in [3.63, 3.8) is 0 Å². The Balaban J connectivity index is 2.18. The zero-order valence-corrected chi connectivity index (χ0v) is 14.0. The summed E-state index contributed by atoms with van der Waals surface area (Å²) >= 11 is 14.0. The Morgan fingerprint density at radius 1 is 1.18 bits per heavy atom. The van der Waals surface area contributed by atoms with E-state index in [9.17, 15) is 4.79 Å². The predicted octanol–water partition coefficient (Wildman–Crippen LogP) is 4.53. The lowest BCUT2D eigenvalue weighted by molar-refractivity contribution is -0.118. The van der Waals surface area contributed by atoms with Crippen LogP contribution in [0.3, 0.4) is 0 Å². The van der Waals surface area contributed by atoms with E-state index in [0.717, 1.165) is 15.3 Å². The Kier molecular flexibility index (Phi) is 4.08. The van der Waals surface area contributed by atoms with Gasteiger partial charge in [-0.05, 0) is 36.2 Å². The number of aromatic nitrogens is 1. The second kappa shape index (κ2) is 5.88. The van der Waals surface area contributed by atoms with Crippen LogP contribution in [0.1, 0.15) is 22.1 Å². The molecule has 22 heavy (non-hydrogen) atoms. The average molecular weight is 351 g/mol. The van der Waals surface area contributed by atoms with Crippen molar-refractivity contribution < 1.29 is 4.79 Å². The SMILES string of the molecule is Cc1nc2c(Cl)c(C(C(N)=O)c3ccc(Cl)cc3)ccc2s1. The largest absolute Gasteiger partial charge is 0.369 e. The molecule has 2 N–H and O–H groups in total. The number of amides is 1. The molecule has 1 heterocycles. The lowest BCUT2D eigenvalue weighted by atomic mass is 9.90. The molecule has 3 nitrogen and oxygen atoms in total. The van der Waals surface area contributed by atoms with Crippen LogP contribution in [-0.2, 0) is 4.79 Å². The van der Waals surface area contributed by atoms with Crippen LogP contribution < -0.4 is 5.73 Å². The first-order valence-electron chi connectivity index (χ1n) is 6.57. The predicted molar refractivity (Wildman–Crippen MR) is 91.9 cm³/mol. The molecule has 1 aromatic heterocycles. The lowest BCUT2D eigenvalue weighted by Gasteiger charge is -2.16. The van der Waals surface area contributed by atoms with Gasteiger partial charge in [-0.3, -0.25) is 4.79 Å². The molecule has 0 bridgehead atoms. The van der Waals surface area contributed by atoms with Crippen LogP contribution in [0.4, 0.5) is 0 Å². The van der Waals surface area contributed by atoms with Crippen LogP contribution >= 0.6 is 34.5 Å². The molecule has 3 aromatic rings. The quantitative estimate of drug-likeness (QED) is 0.754. The van der Waals surface area contributed by atoms with Crippen molar-refractivity contribution in [2.24, 2.45) is 5.73 Å². The molecule has 112 valence electrons. The van der Waals surface area contributed by atoms with Crippen LogP contribution in [0, 0.1) is 6.92 Å². The Morgan fingerprint density at radius 3 is 2.50 bits per heavy atom. The van der Waals surface area contributed by atoms with Gasteiger partial charge >= 0.3 is 0 Å². The number of fused-ring (bicyclic) bond motifs is 1. The molecular weight excluding hydrogens is 339 g/mol. The van der Waals surface area contributed by atoms with Crippen molar-refractivity contribution in [3.8, 4) is 0 Å². The fourth-order valence-electron chi connectivity index (χ4n) is 2.46. The molecule has 0 aliphatic rings. The molecule has 6 heteroatoms. The number of primary amides is 1. The first-order chi connectivity index (χ1) is 10.5. The summed E-state index contributed by atoms with van der Waals surface area (Å²) in [5, 5.41) is 2.00. The number of benzene rings is 2. The minimum absolute atomic E-state index is 0.462. The van der Waals surface area contributed by atoms with E-state index in [1.165, 1.54) is 0 Å². The van der Waals surface area contributed by atoms with Crippen molar-refractivity contribution in [2.75, 3.05) is 0 Å². The summed E-state index contributed by atoms with van der Waals surface area (Å²) < 4.78 is 0.991. The first kappa shape index (κ1) is 15.3. The minimum Gasteiger partial charge on any atom is -0.369 e. The van der Waals surface area contributed by atoms with Gasteiger partial charge in [0.1, 0.15) is 5.52 Å². The highest BCUT2D eigenvalue weighted by molar-refractivity contribution is 7.18. The summed E-state index contributed by atoms with van der Waals surface area (Å²) in [4.78, 5) is 16.4. The van der Waals surface area contributed by atoms with Gasteiger partial charge in [-0.2, -0.15) is 0 Å². The van der Waals surface area contributed by atoms with E-state index >= 15 is 0 Å². The summed E-state index contributed by atoms with van der Waals surface area (Å²) in [7, 11) is 0. The summed E-state index contributed by atoms with van der Waals surface area (Å²) in [6.45, 7) is 1.92. The highest BCUT2D eigenvalue weighted by atomic mass is 35.5. The molecule has 2 aromatic carbocycles. The van der Waals surface area contributed by atoms with Crippen LogP contribution in [0.25, 0.3) is 10.2 Å². The molecule has 0 radical (unpaired) electrons.